The molecule has 0 spiro atoms. The molecule has 0 aromatic rings. The number of halogens is 1. The van der Waals surface area contributed by atoms with Crippen LogP contribution >= 0.6 is 15.9 Å². The van der Waals surface area contributed by atoms with Crippen molar-refractivity contribution in [2.24, 2.45) is 5.41 Å². The second-order valence-corrected chi connectivity index (χ2v) is 7.25. The van der Waals surface area contributed by atoms with Crippen LogP contribution in [0.1, 0.15) is 19.8 Å². The van der Waals surface area contributed by atoms with Crippen molar-refractivity contribution in [3.8, 4) is 0 Å². The molecule has 1 aliphatic carbocycles. The Balaban J connectivity index is 2.43. The van der Waals surface area contributed by atoms with Crippen LogP contribution in [0.4, 0.5) is 0 Å². The van der Waals surface area contributed by atoms with Crippen molar-refractivity contribution in [2.75, 3.05) is 18.1 Å². The Morgan fingerprint density at radius 2 is 2.07 bits per heavy atom. The van der Waals surface area contributed by atoms with Gasteiger partial charge in [-0.05, 0) is 25.2 Å². The Hall–Kier alpha value is -0.100. The smallest absolute Gasteiger partial charge is 0.238 e. The number of nitrogens with one attached hydrogen (secondary N) is 1. The minimum absolute atomic E-state index is 0.173. The van der Waals surface area contributed by atoms with Gasteiger partial charge in [-0.1, -0.05) is 15.9 Å². The fourth-order valence-electron chi connectivity index (χ4n) is 1.15. The van der Waals surface area contributed by atoms with Gasteiger partial charge in [0, 0.05) is 18.1 Å². The van der Waals surface area contributed by atoms with E-state index in [9.17, 15) is 13.2 Å². The summed E-state index contributed by atoms with van der Waals surface area (Å²) in [5.74, 6) is -0.398. The third-order valence-corrected chi connectivity index (χ3v) is 5.58. The number of alkyl halides is 1. The number of hydrogen-bond donors (Lipinski definition) is 1. The average Bonchev–Trinajstić information content (AvgIpc) is 2.92. The third-order valence-electron chi connectivity index (χ3n) is 2.89. The number of rotatable bonds is 5. The maximum Gasteiger partial charge on any atom is 0.238 e. The summed E-state index contributed by atoms with van der Waals surface area (Å²) >= 11 is 3.39. The van der Waals surface area contributed by atoms with Gasteiger partial charge in [-0.15, -0.1) is 0 Å². The normalized spacial score (nSPS) is 20.7. The van der Waals surface area contributed by atoms with Gasteiger partial charge in [-0.25, -0.2) is 8.42 Å². The van der Waals surface area contributed by atoms with E-state index in [0.29, 0.717) is 6.54 Å². The Kier molecular flexibility index (Phi) is 3.81. The molecule has 1 amide bonds. The predicted octanol–water partition coefficient (Wildman–Crippen LogP) is 0.711. The molecule has 1 aliphatic rings. The summed E-state index contributed by atoms with van der Waals surface area (Å²) in [5.41, 5.74) is 0.173. The van der Waals surface area contributed by atoms with Crippen LogP contribution < -0.4 is 5.32 Å². The van der Waals surface area contributed by atoms with Gasteiger partial charge in [0.1, 0.15) is 5.25 Å². The molecule has 6 heteroatoms. The van der Waals surface area contributed by atoms with E-state index >= 15 is 0 Å². The fourth-order valence-corrected chi connectivity index (χ4v) is 2.38. The molecule has 0 aliphatic heterocycles. The van der Waals surface area contributed by atoms with Crippen molar-refractivity contribution in [1.82, 2.24) is 5.32 Å². The second-order valence-electron chi connectivity index (χ2n) is 4.32. The molecule has 0 radical (unpaired) electrons. The van der Waals surface area contributed by atoms with Crippen LogP contribution in [-0.2, 0) is 14.6 Å². The number of sulfone groups is 1. The van der Waals surface area contributed by atoms with Gasteiger partial charge in [0.25, 0.3) is 0 Å². The van der Waals surface area contributed by atoms with Crippen molar-refractivity contribution < 1.29 is 13.2 Å². The van der Waals surface area contributed by atoms with Crippen molar-refractivity contribution in [3.63, 3.8) is 0 Å². The summed E-state index contributed by atoms with van der Waals surface area (Å²) in [4.78, 5) is 11.5. The van der Waals surface area contributed by atoms with Crippen molar-refractivity contribution in [1.29, 1.82) is 0 Å². The Labute approximate surface area is 98.9 Å². The van der Waals surface area contributed by atoms with Crippen molar-refractivity contribution in [2.45, 2.75) is 25.0 Å². The maximum atomic E-state index is 11.5. The van der Waals surface area contributed by atoms with Crippen LogP contribution in [0.5, 0.6) is 0 Å². The molecule has 0 aromatic carbocycles. The summed E-state index contributed by atoms with van der Waals surface area (Å²) in [6.45, 7) is 1.98. The third kappa shape index (κ3) is 3.45. The van der Waals surface area contributed by atoms with Crippen LogP contribution in [0.3, 0.4) is 0 Å². The van der Waals surface area contributed by atoms with Gasteiger partial charge in [-0.2, -0.15) is 0 Å². The molecule has 1 saturated carbocycles. The van der Waals surface area contributed by atoms with Gasteiger partial charge in [0.15, 0.2) is 9.84 Å². The molecule has 0 saturated heterocycles. The Morgan fingerprint density at radius 3 is 2.40 bits per heavy atom. The first-order chi connectivity index (χ1) is 6.81. The number of carbonyl (C=O) groups is 1. The highest BCUT2D eigenvalue weighted by atomic mass is 79.9. The lowest BCUT2D eigenvalue weighted by atomic mass is 10.1. The molecular weight excluding hydrogens is 282 g/mol. The fraction of sp³-hybridized carbons (Fsp3) is 0.889. The van der Waals surface area contributed by atoms with E-state index in [1.807, 2.05) is 0 Å². The lowest BCUT2D eigenvalue weighted by Gasteiger charge is -2.15. The minimum Gasteiger partial charge on any atom is -0.354 e. The van der Waals surface area contributed by atoms with E-state index < -0.39 is 21.0 Å². The largest absolute Gasteiger partial charge is 0.354 e. The Morgan fingerprint density at radius 1 is 1.53 bits per heavy atom. The molecule has 15 heavy (non-hydrogen) atoms. The maximum absolute atomic E-state index is 11.5. The first-order valence-corrected chi connectivity index (χ1v) is 7.91. The molecular formula is C9H16BrNO3S. The monoisotopic (exact) mass is 297 g/mol. The van der Waals surface area contributed by atoms with E-state index in [1.165, 1.54) is 6.92 Å². The van der Waals surface area contributed by atoms with E-state index in [-0.39, 0.29) is 5.41 Å². The summed E-state index contributed by atoms with van der Waals surface area (Å²) in [7, 11) is -3.28. The zero-order chi connectivity index (χ0) is 11.7. The molecule has 88 valence electrons. The average molecular weight is 298 g/mol. The van der Waals surface area contributed by atoms with Gasteiger partial charge in [0.05, 0.1) is 0 Å². The zero-order valence-electron chi connectivity index (χ0n) is 8.92. The van der Waals surface area contributed by atoms with Crippen molar-refractivity contribution in [3.05, 3.63) is 0 Å². The number of hydrogen-bond acceptors (Lipinski definition) is 3. The van der Waals surface area contributed by atoms with Gasteiger partial charge < -0.3 is 5.32 Å². The zero-order valence-corrected chi connectivity index (χ0v) is 11.3. The second kappa shape index (κ2) is 4.41. The molecule has 0 heterocycles. The molecule has 1 fully saturated rings. The van der Waals surface area contributed by atoms with E-state index in [2.05, 4.69) is 21.2 Å². The van der Waals surface area contributed by atoms with Crippen LogP contribution in [0, 0.1) is 5.41 Å². The van der Waals surface area contributed by atoms with E-state index in [0.717, 1.165) is 24.4 Å². The van der Waals surface area contributed by atoms with Gasteiger partial charge in [-0.3, -0.25) is 4.79 Å². The predicted molar refractivity (Wildman–Crippen MR) is 62.8 cm³/mol. The highest BCUT2D eigenvalue weighted by molar-refractivity contribution is 9.09. The summed E-state index contributed by atoms with van der Waals surface area (Å²) in [6, 6.07) is 0. The quantitative estimate of drug-likeness (QED) is 0.760. The SMILES string of the molecule is CC(C(=O)NCC1(CBr)CC1)S(C)(=O)=O. The Bertz CT molecular complexity index is 348. The molecule has 0 bridgehead atoms. The lowest BCUT2D eigenvalue weighted by Crippen LogP contribution is -2.40. The first-order valence-electron chi connectivity index (χ1n) is 4.83. The number of amides is 1. The van der Waals surface area contributed by atoms with Crippen LogP contribution in [0.2, 0.25) is 0 Å². The highest BCUT2D eigenvalue weighted by Gasteiger charge is 2.42. The van der Waals surface area contributed by atoms with Crippen LogP contribution in [0.15, 0.2) is 0 Å². The molecule has 1 N–H and O–H groups in total. The summed E-state index contributed by atoms with van der Waals surface area (Å²) in [5, 5.41) is 2.59. The summed E-state index contributed by atoms with van der Waals surface area (Å²) < 4.78 is 22.2. The lowest BCUT2D eigenvalue weighted by molar-refractivity contribution is -0.120. The topological polar surface area (TPSA) is 63.2 Å². The van der Waals surface area contributed by atoms with Crippen LogP contribution in [0.25, 0.3) is 0 Å². The van der Waals surface area contributed by atoms with Gasteiger partial charge in [0.2, 0.25) is 5.91 Å². The minimum atomic E-state index is -3.28. The molecule has 0 aromatic heterocycles. The molecule has 1 rings (SSSR count). The van der Waals surface area contributed by atoms with Crippen LogP contribution in [-0.4, -0.2) is 37.7 Å². The van der Waals surface area contributed by atoms with Gasteiger partial charge >= 0.3 is 0 Å². The number of carbonyl (C=O) groups excluding carboxylic acids is 1. The standard InChI is InChI=1S/C9H16BrNO3S/c1-7(15(2,13)14)8(12)11-6-9(5-10)3-4-9/h7H,3-6H2,1-2H3,(H,11,12). The molecule has 1 unspecified atom stereocenters. The highest BCUT2D eigenvalue weighted by Crippen LogP contribution is 2.46. The van der Waals surface area contributed by atoms with E-state index in [4.69, 9.17) is 0 Å². The first kappa shape index (κ1) is 13.0. The molecule has 1 atom stereocenters. The van der Waals surface area contributed by atoms with Crippen molar-refractivity contribution >= 4 is 31.7 Å². The molecule has 4 nitrogen and oxygen atoms in total. The van der Waals surface area contributed by atoms with E-state index in [1.54, 1.807) is 0 Å². The summed E-state index contributed by atoms with van der Waals surface area (Å²) in [6.07, 6.45) is 3.26.